The normalized spacial score (nSPS) is 15.5. The van der Waals surface area contributed by atoms with Crippen molar-refractivity contribution in [3.63, 3.8) is 0 Å². The highest BCUT2D eigenvalue weighted by molar-refractivity contribution is 6.30. The van der Waals surface area contributed by atoms with Crippen LogP contribution in [0, 0.1) is 6.92 Å². The number of nitrogens with zero attached hydrogens (tertiary/aromatic N) is 1. The lowest BCUT2D eigenvalue weighted by Crippen LogP contribution is -3.13. The van der Waals surface area contributed by atoms with Gasteiger partial charge in [-0.25, -0.2) is 0 Å². The third kappa shape index (κ3) is 3.35. The second kappa shape index (κ2) is 7.14. The molecule has 2 heterocycles. The second-order valence-corrected chi connectivity index (χ2v) is 7.34. The molecule has 0 aliphatic carbocycles. The van der Waals surface area contributed by atoms with E-state index in [0.29, 0.717) is 5.76 Å². The first-order chi connectivity index (χ1) is 12.6. The fourth-order valence-corrected chi connectivity index (χ4v) is 3.87. The average molecular weight is 370 g/mol. The first kappa shape index (κ1) is 17.1. The minimum Gasteiger partial charge on any atom is -0.451 e. The Morgan fingerprint density at radius 3 is 2.65 bits per heavy atom. The Hall–Kier alpha value is -2.30. The summed E-state index contributed by atoms with van der Waals surface area (Å²) in [4.78, 5) is 16.3. The zero-order chi connectivity index (χ0) is 18.1. The van der Waals surface area contributed by atoms with E-state index in [-0.39, 0.29) is 5.91 Å². The summed E-state index contributed by atoms with van der Waals surface area (Å²) < 4.78 is 5.84. The van der Waals surface area contributed by atoms with Gasteiger partial charge in [-0.2, -0.15) is 0 Å². The highest BCUT2D eigenvalue weighted by Gasteiger charge is 2.28. The van der Waals surface area contributed by atoms with Crippen molar-refractivity contribution in [2.45, 2.75) is 13.5 Å². The van der Waals surface area contributed by atoms with Crippen molar-refractivity contribution >= 4 is 28.5 Å². The number of benzene rings is 2. The van der Waals surface area contributed by atoms with Crippen molar-refractivity contribution in [2.24, 2.45) is 0 Å². The molecule has 0 atom stereocenters. The molecule has 26 heavy (non-hydrogen) atoms. The maximum absolute atomic E-state index is 12.9. The monoisotopic (exact) mass is 369 g/mol. The van der Waals surface area contributed by atoms with E-state index in [4.69, 9.17) is 16.0 Å². The van der Waals surface area contributed by atoms with Crippen LogP contribution in [0.15, 0.2) is 52.9 Å². The van der Waals surface area contributed by atoms with E-state index in [0.717, 1.165) is 54.3 Å². The van der Waals surface area contributed by atoms with Gasteiger partial charge in [-0.1, -0.05) is 41.9 Å². The lowest BCUT2D eigenvalue weighted by atomic mass is 10.1. The van der Waals surface area contributed by atoms with E-state index >= 15 is 0 Å². The topological polar surface area (TPSA) is 37.9 Å². The summed E-state index contributed by atoms with van der Waals surface area (Å²) in [5.74, 6) is 0.477. The minimum absolute atomic E-state index is 0.000468. The number of quaternary nitrogens is 1. The molecule has 2 aromatic carbocycles. The predicted molar refractivity (Wildman–Crippen MR) is 103 cm³/mol. The molecule has 3 aromatic rings. The van der Waals surface area contributed by atoms with E-state index in [9.17, 15) is 4.79 Å². The lowest BCUT2D eigenvalue weighted by molar-refractivity contribution is -0.917. The third-order valence-electron chi connectivity index (χ3n) is 5.14. The molecule has 0 radical (unpaired) electrons. The Kier molecular flexibility index (Phi) is 4.70. The smallest absolute Gasteiger partial charge is 0.290 e. The van der Waals surface area contributed by atoms with Crippen molar-refractivity contribution in [2.75, 3.05) is 26.2 Å². The molecule has 1 amide bonds. The number of rotatable bonds is 3. The number of carbonyl (C=O) groups is 1. The molecule has 4 rings (SSSR count). The SMILES string of the molecule is Cc1c(C(=O)N2CC[NH+](Cc3cccc(Cl)c3)CC2)oc2ccccc12. The van der Waals surface area contributed by atoms with E-state index in [1.807, 2.05) is 54.3 Å². The van der Waals surface area contributed by atoms with E-state index < -0.39 is 0 Å². The molecule has 1 fully saturated rings. The number of carbonyl (C=O) groups excluding carboxylic acids is 1. The zero-order valence-corrected chi connectivity index (χ0v) is 15.6. The van der Waals surface area contributed by atoms with Crippen LogP contribution in [0.4, 0.5) is 0 Å². The summed E-state index contributed by atoms with van der Waals surface area (Å²) in [5, 5.41) is 1.79. The van der Waals surface area contributed by atoms with Gasteiger partial charge < -0.3 is 14.2 Å². The van der Waals surface area contributed by atoms with E-state index in [1.54, 1.807) is 0 Å². The van der Waals surface area contributed by atoms with Crippen LogP contribution in [0.5, 0.6) is 0 Å². The van der Waals surface area contributed by atoms with E-state index in [2.05, 4.69) is 6.07 Å². The molecule has 1 aromatic heterocycles. The van der Waals surface area contributed by atoms with Crippen LogP contribution in [0.2, 0.25) is 5.02 Å². The van der Waals surface area contributed by atoms with Gasteiger partial charge in [0.05, 0.1) is 26.2 Å². The third-order valence-corrected chi connectivity index (χ3v) is 5.37. The molecule has 1 saturated heterocycles. The molecule has 1 N–H and O–H groups in total. The highest BCUT2D eigenvalue weighted by atomic mass is 35.5. The van der Waals surface area contributed by atoms with Gasteiger partial charge in [0.25, 0.3) is 5.91 Å². The van der Waals surface area contributed by atoms with Gasteiger partial charge in [0.1, 0.15) is 12.1 Å². The highest BCUT2D eigenvalue weighted by Crippen LogP contribution is 2.25. The second-order valence-electron chi connectivity index (χ2n) is 6.90. The van der Waals surface area contributed by atoms with Crippen LogP contribution in [0.1, 0.15) is 21.7 Å². The maximum atomic E-state index is 12.9. The summed E-state index contributed by atoms with van der Waals surface area (Å²) in [6.45, 7) is 6.23. The Balaban J connectivity index is 1.42. The van der Waals surface area contributed by atoms with Crippen molar-refractivity contribution < 1.29 is 14.1 Å². The van der Waals surface area contributed by atoms with Gasteiger partial charge in [0.15, 0.2) is 5.76 Å². The molecule has 134 valence electrons. The fourth-order valence-electron chi connectivity index (χ4n) is 3.66. The quantitative estimate of drug-likeness (QED) is 0.770. The number of hydrogen-bond acceptors (Lipinski definition) is 2. The Morgan fingerprint density at radius 2 is 1.92 bits per heavy atom. The number of aryl methyl sites for hydroxylation is 1. The van der Waals surface area contributed by atoms with Gasteiger partial charge in [-0.05, 0) is 25.1 Å². The summed E-state index contributed by atoms with van der Waals surface area (Å²) in [7, 11) is 0. The van der Waals surface area contributed by atoms with Gasteiger partial charge in [-0.3, -0.25) is 4.79 Å². The number of nitrogens with one attached hydrogen (secondary N) is 1. The lowest BCUT2D eigenvalue weighted by Gasteiger charge is -2.32. The van der Waals surface area contributed by atoms with Crippen LogP contribution >= 0.6 is 11.6 Å². The van der Waals surface area contributed by atoms with Crippen molar-refractivity contribution in [3.8, 4) is 0 Å². The zero-order valence-electron chi connectivity index (χ0n) is 14.8. The number of furan rings is 1. The number of hydrogen-bond donors (Lipinski definition) is 1. The molecular weight excluding hydrogens is 348 g/mol. The van der Waals surface area contributed by atoms with Crippen LogP contribution in [-0.4, -0.2) is 37.0 Å². The summed E-state index contributed by atoms with van der Waals surface area (Å²) in [5.41, 5.74) is 2.94. The van der Waals surface area contributed by atoms with Gasteiger partial charge >= 0.3 is 0 Å². The van der Waals surface area contributed by atoms with Crippen LogP contribution in [0.25, 0.3) is 11.0 Å². The molecule has 1 aliphatic rings. The predicted octanol–water partition coefficient (Wildman–Crippen LogP) is 2.94. The Labute approximate surface area is 157 Å². The summed E-state index contributed by atoms with van der Waals surface area (Å²) >= 11 is 6.07. The van der Waals surface area contributed by atoms with Crippen LogP contribution in [0.3, 0.4) is 0 Å². The minimum atomic E-state index is 0.000468. The molecular formula is C21H22ClN2O2+. The van der Waals surface area contributed by atoms with Crippen molar-refractivity contribution in [1.82, 2.24) is 4.90 Å². The summed E-state index contributed by atoms with van der Waals surface area (Å²) in [6, 6.07) is 15.8. The summed E-state index contributed by atoms with van der Waals surface area (Å²) in [6.07, 6.45) is 0. The molecule has 0 unspecified atom stereocenters. The number of halogens is 1. The largest absolute Gasteiger partial charge is 0.451 e. The molecule has 0 bridgehead atoms. The van der Waals surface area contributed by atoms with Crippen molar-refractivity contribution in [1.29, 1.82) is 0 Å². The standard InChI is InChI=1S/C21H21ClN2O2/c1-15-18-7-2-3-8-19(18)26-20(15)21(25)24-11-9-23(10-12-24)14-16-5-4-6-17(22)13-16/h2-8,13H,9-12,14H2,1H3/p+1. The number of piperazine rings is 1. The van der Waals surface area contributed by atoms with Gasteiger partial charge in [0, 0.05) is 21.5 Å². The first-order valence-electron chi connectivity index (χ1n) is 8.97. The van der Waals surface area contributed by atoms with E-state index in [1.165, 1.54) is 10.5 Å². The van der Waals surface area contributed by atoms with Crippen LogP contribution < -0.4 is 4.90 Å². The Morgan fingerprint density at radius 1 is 1.15 bits per heavy atom. The maximum Gasteiger partial charge on any atom is 0.290 e. The molecule has 5 heteroatoms. The fraction of sp³-hybridized carbons (Fsp3) is 0.286. The first-order valence-corrected chi connectivity index (χ1v) is 9.35. The van der Waals surface area contributed by atoms with Gasteiger partial charge in [0.2, 0.25) is 0 Å². The number of fused-ring (bicyclic) bond motifs is 1. The molecule has 4 nitrogen and oxygen atoms in total. The average Bonchev–Trinajstić information content (AvgIpc) is 2.99. The molecule has 1 aliphatic heterocycles. The van der Waals surface area contributed by atoms with Gasteiger partial charge in [-0.15, -0.1) is 0 Å². The Bertz CT molecular complexity index is 942. The van der Waals surface area contributed by atoms with Crippen molar-refractivity contribution in [3.05, 3.63) is 70.4 Å². The number of amides is 1. The molecule has 0 saturated carbocycles. The van der Waals surface area contributed by atoms with Crippen LogP contribution in [-0.2, 0) is 6.54 Å². The molecule has 0 spiro atoms. The number of para-hydroxylation sites is 1.